The minimum atomic E-state index is -0.301. The molecule has 4 heteroatoms. The Bertz CT molecular complexity index is 332. The molecule has 1 heterocycles. The number of likely N-dealkylation sites (tertiary alicyclic amines) is 1. The lowest BCUT2D eigenvalue weighted by atomic mass is 9.95. The smallest absolute Gasteiger partial charge is 0.317 e. The fraction of sp³-hybridized carbons (Fsp3) is 0.929. The molecule has 2 saturated carbocycles. The highest BCUT2D eigenvalue weighted by molar-refractivity contribution is 5.75. The zero-order chi connectivity index (χ0) is 12.7. The van der Waals surface area contributed by atoms with Crippen LogP contribution in [0, 0.1) is 17.8 Å². The van der Waals surface area contributed by atoms with Crippen molar-refractivity contribution in [3.63, 3.8) is 0 Å². The van der Waals surface area contributed by atoms with Crippen LogP contribution in [0.25, 0.3) is 0 Å². The van der Waals surface area contributed by atoms with Crippen molar-refractivity contribution >= 4 is 6.03 Å². The van der Waals surface area contributed by atoms with Gasteiger partial charge in [0.2, 0.25) is 0 Å². The van der Waals surface area contributed by atoms with E-state index in [1.807, 2.05) is 11.8 Å². The number of urea groups is 1. The highest BCUT2D eigenvalue weighted by atomic mass is 16.3. The summed E-state index contributed by atoms with van der Waals surface area (Å²) < 4.78 is 0. The number of nitrogens with one attached hydrogen (secondary N) is 1. The summed E-state index contributed by atoms with van der Waals surface area (Å²) in [4.78, 5) is 14.1. The zero-order valence-electron chi connectivity index (χ0n) is 11.1. The van der Waals surface area contributed by atoms with Gasteiger partial charge in [0.1, 0.15) is 0 Å². The van der Waals surface area contributed by atoms with E-state index >= 15 is 0 Å². The normalized spacial score (nSPS) is 40.2. The van der Waals surface area contributed by atoms with Crippen LogP contribution < -0.4 is 5.32 Å². The number of carbonyl (C=O) groups excluding carboxylic acids is 1. The van der Waals surface area contributed by atoms with Gasteiger partial charge in [-0.25, -0.2) is 4.79 Å². The second-order valence-electron chi connectivity index (χ2n) is 6.47. The molecule has 2 N–H and O–H groups in total. The highest BCUT2D eigenvalue weighted by Gasteiger charge is 2.41. The van der Waals surface area contributed by atoms with Crippen LogP contribution in [0.2, 0.25) is 0 Å². The molecule has 102 valence electrons. The summed E-state index contributed by atoms with van der Waals surface area (Å²) in [6.45, 7) is 3.33. The van der Waals surface area contributed by atoms with Gasteiger partial charge in [-0.05, 0) is 44.4 Å². The van der Waals surface area contributed by atoms with Gasteiger partial charge in [-0.2, -0.15) is 0 Å². The number of rotatable bonds is 2. The standard InChI is InChI=1S/C14H24N2O2/c1-9(17)12-4-5-16(8-12)14(18)15-13-7-10-2-3-11(13)6-10/h9-13,17H,2-8H2,1H3,(H,15,18). The fourth-order valence-electron chi connectivity index (χ4n) is 4.04. The van der Waals surface area contributed by atoms with Gasteiger partial charge in [-0.3, -0.25) is 0 Å². The monoisotopic (exact) mass is 252 g/mol. The third kappa shape index (κ3) is 2.22. The number of fused-ring (bicyclic) bond motifs is 2. The van der Waals surface area contributed by atoms with Crippen LogP contribution in [0.15, 0.2) is 0 Å². The van der Waals surface area contributed by atoms with Crippen molar-refractivity contribution in [2.45, 2.75) is 51.2 Å². The molecule has 18 heavy (non-hydrogen) atoms. The van der Waals surface area contributed by atoms with Gasteiger partial charge >= 0.3 is 6.03 Å². The van der Waals surface area contributed by atoms with E-state index in [1.54, 1.807) is 0 Å². The van der Waals surface area contributed by atoms with Crippen LogP contribution >= 0.6 is 0 Å². The number of nitrogens with zero attached hydrogens (tertiary/aromatic N) is 1. The first kappa shape index (κ1) is 12.3. The molecule has 2 amide bonds. The third-order valence-corrected chi connectivity index (χ3v) is 5.24. The molecule has 5 atom stereocenters. The van der Waals surface area contributed by atoms with Gasteiger partial charge in [-0.15, -0.1) is 0 Å². The maximum atomic E-state index is 12.2. The number of carbonyl (C=O) groups is 1. The van der Waals surface area contributed by atoms with E-state index in [2.05, 4.69) is 5.32 Å². The second-order valence-corrected chi connectivity index (χ2v) is 6.47. The SMILES string of the molecule is CC(O)C1CCN(C(=O)NC2CC3CCC2C3)C1. The van der Waals surface area contributed by atoms with Crippen LogP contribution in [0.3, 0.4) is 0 Å². The van der Waals surface area contributed by atoms with Crippen molar-refractivity contribution in [3.8, 4) is 0 Å². The molecule has 0 aromatic rings. The predicted molar refractivity (Wildman–Crippen MR) is 69.1 cm³/mol. The predicted octanol–water partition coefficient (Wildman–Crippen LogP) is 1.59. The van der Waals surface area contributed by atoms with Gasteiger partial charge in [0.15, 0.2) is 0 Å². The van der Waals surface area contributed by atoms with Gasteiger partial charge in [0.05, 0.1) is 6.10 Å². The quantitative estimate of drug-likeness (QED) is 0.784. The average Bonchev–Trinajstić information content (AvgIpc) is 3.04. The summed E-state index contributed by atoms with van der Waals surface area (Å²) in [7, 11) is 0. The lowest BCUT2D eigenvalue weighted by Crippen LogP contribution is -2.46. The van der Waals surface area contributed by atoms with Gasteiger partial charge in [0.25, 0.3) is 0 Å². The van der Waals surface area contributed by atoms with E-state index in [-0.39, 0.29) is 18.1 Å². The van der Waals surface area contributed by atoms with E-state index < -0.39 is 0 Å². The second kappa shape index (κ2) is 4.72. The van der Waals surface area contributed by atoms with E-state index in [0.29, 0.717) is 12.6 Å². The van der Waals surface area contributed by atoms with Crippen molar-refractivity contribution in [2.75, 3.05) is 13.1 Å². The molecule has 1 aliphatic heterocycles. The maximum Gasteiger partial charge on any atom is 0.317 e. The number of hydrogen-bond acceptors (Lipinski definition) is 2. The summed E-state index contributed by atoms with van der Waals surface area (Å²) in [5.74, 6) is 1.86. The molecule has 5 unspecified atom stereocenters. The van der Waals surface area contributed by atoms with Crippen LogP contribution in [-0.2, 0) is 0 Å². The Morgan fingerprint density at radius 2 is 2.17 bits per heavy atom. The molecule has 3 aliphatic rings. The molecule has 2 bridgehead atoms. The molecular formula is C14H24N2O2. The summed E-state index contributed by atoms with van der Waals surface area (Å²) in [5.41, 5.74) is 0. The van der Waals surface area contributed by atoms with Crippen molar-refractivity contribution in [3.05, 3.63) is 0 Å². The van der Waals surface area contributed by atoms with Crippen molar-refractivity contribution in [2.24, 2.45) is 17.8 Å². The summed E-state index contributed by atoms with van der Waals surface area (Å²) >= 11 is 0. The minimum absolute atomic E-state index is 0.0932. The van der Waals surface area contributed by atoms with Crippen molar-refractivity contribution in [1.29, 1.82) is 0 Å². The molecular weight excluding hydrogens is 228 g/mol. The Labute approximate surface area is 109 Å². The molecule has 0 spiro atoms. The lowest BCUT2D eigenvalue weighted by molar-refractivity contribution is 0.128. The van der Waals surface area contributed by atoms with Gasteiger partial charge in [-0.1, -0.05) is 6.42 Å². The highest BCUT2D eigenvalue weighted by Crippen LogP contribution is 2.44. The van der Waals surface area contributed by atoms with E-state index in [1.165, 1.54) is 25.7 Å². The fourth-order valence-corrected chi connectivity index (χ4v) is 4.04. The maximum absolute atomic E-state index is 12.2. The van der Waals surface area contributed by atoms with Crippen LogP contribution in [0.5, 0.6) is 0 Å². The number of amides is 2. The van der Waals surface area contributed by atoms with Crippen LogP contribution in [-0.4, -0.2) is 41.3 Å². The molecule has 3 rings (SSSR count). The Morgan fingerprint density at radius 3 is 2.72 bits per heavy atom. The third-order valence-electron chi connectivity index (χ3n) is 5.24. The molecule has 0 radical (unpaired) electrons. The number of hydrogen-bond donors (Lipinski definition) is 2. The number of aliphatic hydroxyl groups excluding tert-OH is 1. The van der Waals surface area contributed by atoms with Gasteiger partial charge in [0, 0.05) is 25.0 Å². The van der Waals surface area contributed by atoms with Crippen LogP contribution in [0.1, 0.15) is 39.0 Å². The van der Waals surface area contributed by atoms with Crippen LogP contribution in [0.4, 0.5) is 4.79 Å². The van der Waals surface area contributed by atoms with Crippen molar-refractivity contribution in [1.82, 2.24) is 10.2 Å². The van der Waals surface area contributed by atoms with E-state index in [0.717, 1.165) is 24.8 Å². The molecule has 0 aromatic heterocycles. The first-order valence-corrected chi connectivity index (χ1v) is 7.37. The first-order valence-electron chi connectivity index (χ1n) is 7.37. The van der Waals surface area contributed by atoms with E-state index in [9.17, 15) is 9.90 Å². The summed E-state index contributed by atoms with van der Waals surface area (Å²) in [6.07, 6.45) is 5.80. The first-order chi connectivity index (χ1) is 8.63. The van der Waals surface area contributed by atoms with Gasteiger partial charge < -0.3 is 15.3 Å². The van der Waals surface area contributed by atoms with E-state index in [4.69, 9.17) is 0 Å². The Morgan fingerprint density at radius 1 is 1.33 bits per heavy atom. The Hall–Kier alpha value is -0.770. The molecule has 1 saturated heterocycles. The minimum Gasteiger partial charge on any atom is -0.393 e. The summed E-state index contributed by atoms with van der Waals surface area (Å²) in [6, 6.07) is 0.512. The molecule has 0 aromatic carbocycles. The molecule has 4 nitrogen and oxygen atoms in total. The zero-order valence-corrected chi connectivity index (χ0v) is 11.1. The van der Waals surface area contributed by atoms with Crippen molar-refractivity contribution < 1.29 is 9.90 Å². The lowest BCUT2D eigenvalue weighted by Gasteiger charge is -2.26. The Balaban J connectivity index is 1.50. The molecule has 3 fully saturated rings. The largest absolute Gasteiger partial charge is 0.393 e. The number of aliphatic hydroxyl groups is 1. The molecule has 2 aliphatic carbocycles. The topological polar surface area (TPSA) is 52.6 Å². The average molecular weight is 252 g/mol. The summed E-state index contributed by atoms with van der Waals surface area (Å²) in [5, 5.41) is 12.8. The Kier molecular flexibility index (Phi) is 3.22.